The van der Waals surface area contributed by atoms with Gasteiger partial charge in [0.05, 0.1) is 0 Å². The van der Waals surface area contributed by atoms with Crippen molar-refractivity contribution in [2.45, 2.75) is 0 Å². The topological polar surface area (TPSA) is 9.72 Å². The first kappa shape index (κ1) is 27.5. The SMILES string of the molecule is CN(C)c1ccc(/C=C/c2cc(/C=C/c3ccc(N(C)C)cc3)cc(/C=C/c3ccc(N(C)C)cc3)c2)cc1. The Hall–Kier alpha value is -4.50. The number of nitrogens with zero attached hydrogens (tertiary/aromatic N) is 3. The average Bonchev–Trinajstić information content (AvgIpc) is 2.94. The Balaban J connectivity index is 1.61. The van der Waals surface area contributed by atoms with Crippen molar-refractivity contribution in [3.63, 3.8) is 0 Å². The summed E-state index contributed by atoms with van der Waals surface area (Å²) in [6, 6.07) is 32.5. The van der Waals surface area contributed by atoms with Gasteiger partial charge in [-0.2, -0.15) is 0 Å². The number of hydrogen-bond acceptors (Lipinski definition) is 3. The smallest absolute Gasteiger partial charge is 0.0361 e. The van der Waals surface area contributed by atoms with E-state index in [0.717, 1.165) is 0 Å². The molecule has 0 radical (unpaired) electrons. The van der Waals surface area contributed by atoms with E-state index in [9.17, 15) is 0 Å². The van der Waals surface area contributed by atoms with Gasteiger partial charge in [-0.1, -0.05) is 72.9 Å². The van der Waals surface area contributed by atoms with Crippen molar-refractivity contribution in [1.82, 2.24) is 0 Å². The molecular formula is C36H39N3. The minimum absolute atomic E-state index is 1.17. The van der Waals surface area contributed by atoms with Gasteiger partial charge in [0.2, 0.25) is 0 Å². The molecule has 0 heterocycles. The third-order valence-corrected chi connectivity index (χ3v) is 6.63. The van der Waals surface area contributed by atoms with Gasteiger partial charge in [-0.15, -0.1) is 0 Å². The van der Waals surface area contributed by atoms with Gasteiger partial charge >= 0.3 is 0 Å². The highest BCUT2D eigenvalue weighted by atomic mass is 15.1. The normalized spacial score (nSPS) is 11.5. The Bertz CT molecular complexity index is 1250. The lowest BCUT2D eigenvalue weighted by molar-refractivity contribution is 1.13. The summed E-state index contributed by atoms with van der Waals surface area (Å²) in [6.07, 6.45) is 13.1. The fourth-order valence-electron chi connectivity index (χ4n) is 4.22. The highest BCUT2D eigenvalue weighted by Crippen LogP contribution is 2.21. The molecule has 0 N–H and O–H groups in total. The van der Waals surface area contributed by atoms with Gasteiger partial charge < -0.3 is 14.7 Å². The number of rotatable bonds is 9. The molecule has 0 saturated carbocycles. The average molecular weight is 514 g/mol. The maximum atomic E-state index is 2.23. The number of anilines is 3. The Morgan fingerprint density at radius 1 is 0.308 bits per heavy atom. The van der Waals surface area contributed by atoms with Crippen LogP contribution in [0.1, 0.15) is 33.4 Å². The zero-order valence-electron chi connectivity index (χ0n) is 24.0. The van der Waals surface area contributed by atoms with E-state index in [4.69, 9.17) is 0 Å². The van der Waals surface area contributed by atoms with Gasteiger partial charge in [-0.05, 0) is 88.0 Å². The third-order valence-electron chi connectivity index (χ3n) is 6.63. The number of hydrogen-bond donors (Lipinski definition) is 0. The summed E-state index contributed by atoms with van der Waals surface area (Å²) in [5.74, 6) is 0. The van der Waals surface area contributed by atoms with Crippen LogP contribution in [0.2, 0.25) is 0 Å². The molecule has 0 aliphatic carbocycles. The van der Waals surface area contributed by atoms with Crippen LogP contribution >= 0.6 is 0 Å². The van der Waals surface area contributed by atoms with Crippen LogP contribution in [0.25, 0.3) is 36.5 Å². The summed E-state index contributed by atoms with van der Waals surface area (Å²) < 4.78 is 0. The molecule has 3 nitrogen and oxygen atoms in total. The maximum absolute atomic E-state index is 2.23. The van der Waals surface area contributed by atoms with Crippen molar-refractivity contribution in [2.75, 3.05) is 57.0 Å². The second-order valence-corrected chi connectivity index (χ2v) is 10.4. The second-order valence-electron chi connectivity index (χ2n) is 10.4. The van der Waals surface area contributed by atoms with Crippen molar-refractivity contribution in [2.24, 2.45) is 0 Å². The van der Waals surface area contributed by atoms with E-state index < -0.39 is 0 Å². The third kappa shape index (κ3) is 7.99. The number of benzene rings is 4. The van der Waals surface area contributed by atoms with Crippen molar-refractivity contribution in [3.8, 4) is 0 Å². The molecule has 39 heavy (non-hydrogen) atoms. The van der Waals surface area contributed by atoms with E-state index in [1.165, 1.54) is 50.4 Å². The van der Waals surface area contributed by atoms with Crippen LogP contribution in [0, 0.1) is 0 Å². The van der Waals surface area contributed by atoms with E-state index >= 15 is 0 Å². The summed E-state index contributed by atoms with van der Waals surface area (Å²) in [6.45, 7) is 0. The van der Waals surface area contributed by atoms with Crippen molar-refractivity contribution in [3.05, 3.63) is 124 Å². The Labute approximate surface area is 234 Å². The quantitative estimate of drug-likeness (QED) is 0.208. The van der Waals surface area contributed by atoms with Crippen molar-refractivity contribution >= 4 is 53.5 Å². The van der Waals surface area contributed by atoms with Gasteiger partial charge in [0.1, 0.15) is 0 Å². The highest BCUT2D eigenvalue weighted by molar-refractivity contribution is 5.79. The predicted octanol–water partition coefficient (Wildman–Crippen LogP) is 8.40. The first-order valence-electron chi connectivity index (χ1n) is 13.3. The Morgan fingerprint density at radius 3 is 0.718 bits per heavy atom. The molecule has 4 aromatic carbocycles. The Morgan fingerprint density at radius 2 is 0.513 bits per heavy atom. The zero-order chi connectivity index (χ0) is 27.8. The van der Waals surface area contributed by atoms with Crippen LogP contribution in [0.5, 0.6) is 0 Å². The predicted molar refractivity (Wildman–Crippen MR) is 176 cm³/mol. The molecule has 4 rings (SSSR count). The molecule has 0 bridgehead atoms. The van der Waals surface area contributed by atoms with E-state index in [2.05, 4.69) is 184 Å². The molecule has 3 heteroatoms. The minimum Gasteiger partial charge on any atom is -0.378 e. The molecular weight excluding hydrogens is 474 g/mol. The summed E-state index contributed by atoms with van der Waals surface area (Å²) in [4.78, 5) is 6.35. The molecule has 0 spiro atoms. The molecule has 198 valence electrons. The maximum Gasteiger partial charge on any atom is 0.0361 e. The molecule has 0 saturated heterocycles. The highest BCUT2D eigenvalue weighted by Gasteiger charge is 2.00. The fourth-order valence-corrected chi connectivity index (χ4v) is 4.22. The van der Waals surface area contributed by atoms with Crippen molar-refractivity contribution in [1.29, 1.82) is 0 Å². The molecule has 0 fully saturated rings. The lowest BCUT2D eigenvalue weighted by atomic mass is 10.0. The second kappa shape index (κ2) is 12.8. The van der Waals surface area contributed by atoms with Crippen LogP contribution in [0.15, 0.2) is 91.0 Å². The van der Waals surface area contributed by atoms with Gasteiger partial charge in [0.25, 0.3) is 0 Å². The molecule has 0 aromatic heterocycles. The zero-order valence-corrected chi connectivity index (χ0v) is 24.0. The van der Waals surface area contributed by atoms with Crippen molar-refractivity contribution < 1.29 is 0 Å². The minimum atomic E-state index is 1.17. The molecule has 0 amide bonds. The van der Waals surface area contributed by atoms with E-state index in [1.54, 1.807) is 0 Å². The van der Waals surface area contributed by atoms with E-state index in [0.29, 0.717) is 0 Å². The first-order chi connectivity index (χ1) is 18.8. The largest absolute Gasteiger partial charge is 0.378 e. The summed E-state index contributed by atoms with van der Waals surface area (Å²) in [5.41, 5.74) is 10.6. The molecule has 0 unspecified atom stereocenters. The monoisotopic (exact) mass is 513 g/mol. The van der Waals surface area contributed by atoms with E-state index in [-0.39, 0.29) is 0 Å². The standard InChI is InChI=1S/C36H39N3/c1-37(2)34-19-13-28(14-20-34)7-10-31-25-32(11-8-29-15-21-35(22-16-29)38(3)4)27-33(26-31)12-9-30-17-23-36(24-18-30)39(5)6/h7-27H,1-6H3/b10-7+,11-8+,12-9+. The van der Waals surface area contributed by atoms with Crippen LogP contribution in [0.4, 0.5) is 17.1 Å². The van der Waals surface area contributed by atoms with E-state index in [1.807, 2.05) is 0 Å². The van der Waals surface area contributed by atoms with Crippen LogP contribution in [-0.4, -0.2) is 42.3 Å². The van der Waals surface area contributed by atoms with Crippen LogP contribution in [0.3, 0.4) is 0 Å². The van der Waals surface area contributed by atoms with Gasteiger partial charge in [-0.25, -0.2) is 0 Å². The van der Waals surface area contributed by atoms with Gasteiger partial charge in [-0.3, -0.25) is 0 Å². The first-order valence-corrected chi connectivity index (χ1v) is 13.3. The lowest BCUT2D eigenvalue weighted by Gasteiger charge is -2.12. The van der Waals surface area contributed by atoms with Gasteiger partial charge in [0.15, 0.2) is 0 Å². The molecule has 0 atom stereocenters. The fraction of sp³-hybridized carbons (Fsp3) is 0.167. The lowest BCUT2D eigenvalue weighted by Crippen LogP contribution is -2.07. The van der Waals surface area contributed by atoms with Gasteiger partial charge in [0, 0.05) is 59.3 Å². The molecule has 0 aliphatic heterocycles. The Kier molecular flexibility index (Phi) is 9.06. The molecule has 4 aromatic rings. The van der Waals surface area contributed by atoms with Crippen LogP contribution in [-0.2, 0) is 0 Å². The van der Waals surface area contributed by atoms with Crippen LogP contribution < -0.4 is 14.7 Å². The summed E-state index contributed by atoms with van der Waals surface area (Å²) in [5, 5.41) is 0. The summed E-state index contributed by atoms with van der Waals surface area (Å²) in [7, 11) is 12.4. The molecule has 0 aliphatic rings. The summed E-state index contributed by atoms with van der Waals surface area (Å²) >= 11 is 0.